The van der Waals surface area contributed by atoms with Crippen molar-refractivity contribution >= 4 is 21.4 Å². The van der Waals surface area contributed by atoms with E-state index in [-0.39, 0.29) is 10.1 Å². The Morgan fingerprint density at radius 3 is 2.50 bits per heavy atom. The lowest BCUT2D eigenvalue weighted by Crippen LogP contribution is -1.90. The van der Waals surface area contributed by atoms with Crippen molar-refractivity contribution in [1.29, 1.82) is 0 Å². The molecule has 0 atom stereocenters. The lowest BCUT2D eigenvalue weighted by atomic mass is 10.1. The third-order valence-electron chi connectivity index (χ3n) is 1.90. The average Bonchev–Trinajstić information content (AvgIpc) is 2.49. The number of hydrogen-bond donors (Lipinski definition) is 0. The van der Waals surface area contributed by atoms with Crippen LogP contribution in [-0.4, -0.2) is 0 Å². The van der Waals surface area contributed by atoms with E-state index in [0.717, 1.165) is 22.8 Å². The van der Waals surface area contributed by atoms with Crippen molar-refractivity contribution in [2.75, 3.05) is 0 Å². The topological polar surface area (TPSA) is 0 Å². The van der Waals surface area contributed by atoms with Gasteiger partial charge in [-0.15, -0.1) is 11.3 Å². The lowest BCUT2D eigenvalue weighted by Gasteiger charge is -2.01. The van der Waals surface area contributed by atoms with Crippen LogP contribution in [0.2, 0.25) is 0 Å². The maximum Gasteiger partial charge on any atom is 0.266 e. The Balaban J connectivity index is 2.76. The van der Waals surface area contributed by atoms with E-state index in [9.17, 15) is 17.6 Å². The molecule has 2 rings (SSSR count). The zero-order valence-corrected chi connectivity index (χ0v) is 7.55. The molecule has 0 saturated heterocycles. The summed E-state index contributed by atoms with van der Waals surface area (Å²) < 4.78 is 50.6. The normalized spacial score (nSPS) is 11.5. The number of halogens is 4. The minimum atomic E-state index is -2.87. The van der Waals surface area contributed by atoms with Gasteiger partial charge in [-0.05, 0) is 12.1 Å². The van der Waals surface area contributed by atoms with E-state index in [1.165, 1.54) is 6.07 Å². The standard InChI is InChI=1S/C9H4F4S/c10-6-3-14-8-4(6)1-2-5(7(8)11)9(12)13/h1-3,9H. The van der Waals surface area contributed by atoms with Crippen LogP contribution in [0.1, 0.15) is 12.0 Å². The van der Waals surface area contributed by atoms with E-state index in [1.54, 1.807) is 0 Å². The van der Waals surface area contributed by atoms with E-state index in [4.69, 9.17) is 0 Å². The summed E-state index contributed by atoms with van der Waals surface area (Å²) in [6, 6.07) is 2.09. The molecule has 0 aliphatic carbocycles. The van der Waals surface area contributed by atoms with Gasteiger partial charge in [0.1, 0.15) is 11.6 Å². The second kappa shape index (κ2) is 3.24. The predicted octanol–water partition coefficient (Wildman–Crippen LogP) is 4.12. The smallest absolute Gasteiger partial charge is 0.205 e. The van der Waals surface area contributed by atoms with Gasteiger partial charge in [-0.3, -0.25) is 0 Å². The molecule has 2 aromatic rings. The highest BCUT2D eigenvalue weighted by molar-refractivity contribution is 7.17. The molecule has 14 heavy (non-hydrogen) atoms. The van der Waals surface area contributed by atoms with E-state index < -0.39 is 23.6 Å². The maximum atomic E-state index is 13.3. The van der Waals surface area contributed by atoms with E-state index in [0.29, 0.717) is 0 Å². The van der Waals surface area contributed by atoms with Crippen molar-refractivity contribution in [2.24, 2.45) is 0 Å². The van der Waals surface area contributed by atoms with Gasteiger partial charge in [0.15, 0.2) is 0 Å². The molecule has 0 spiro atoms. The predicted molar refractivity (Wildman–Crippen MR) is 46.7 cm³/mol. The Morgan fingerprint density at radius 2 is 1.86 bits per heavy atom. The van der Waals surface area contributed by atoms with Gasteiger partial charge in [0.25, 0.3) is 6.43 Å². The Kier molecular flexibility index (Phi) is 2.19. The van der Waals surface area contributed by atoms with Gasteiger partial charge in [-0.1, -0.05) is 0 Å². The highest BCUT2D eigenvalue weighted by Crippen LogP contribution is 2.32. The minimum absolute atomic E-state index is 0.0527. The van der Waals surface area contributed by atoms with Crippen LogP contribution in [0.3, 0.4) is 0 Å². The first-order chi connectivity index (χ1) is 6.61. The quantitative estimate of drug-likeness (QED) is 0.634. The molecule has 0 bridgehead atoms. The molecular formula is C9H4F4S. The molecule has 0 amide bonds. The van der Waals surface area contributed by atoms with Gasteiger partial charge < -0.3 is 0 Å². The van der Waals surface area contributed by atoms with Gasteiger partial charge in [-0.25, -0.2) is 17.6 Å². The summed E-state index contributed by atoms with van der Waals surface area (Å²) in [4.78, 5) is 0. The highest BCUT2D eigenvalue weighted by Gasteiger charge is 2.17. The van der Waals surface area contributed by atoms with Crippen LogP contribution in [0.5, 0.6) is 0 Å². The number of benzene rings is 1. The number of hydrogen-bond acceptors (Lipinski definition) is 1. The first-order valence-corrected chi connectivity index (χ1v) is 4.62. The molecule has 74 valence electrons. The summed E-state index contributed by atoms with van der Waals surface area (Å²) in [5, 5.41) is 1.15. The average molecular weight is 220 g/mol. The van der Waals surface area contributed by atoms with E-state index in [1.807, 2.05) is 0 Å². The molecule has 0 aliphatic heterocycles. The first-order valence-electron chi connectivity index (χ1n) is 3.74. The van der Waals surface area contributed by atoms with Crippen molar-refractivity contribution in [3.05, 3.63) is 34.7 Å². The third-order valence-corrected chi connectivity index (χ3v) is 2.86. The lowest BCUT2D eigenvalue weighted by molar-refractivity contribution is 0.147. The fourth-order valence-electron chi connectivity index (χ4n) is 1.22. The Labute approximate surface area is 80.8 Å². The van der Waals surface area contributed by atoms with Gasteiger partial charge in [0, 0.05) is 10.8 Å². The summed E-state index contributed by atoms with van der Waals surface area (Å²) >= 11 is 0.789. The van der Waals surface area contributed by atoms with E-state index >= 15 is 0 Å². The first kappa shape index (κ1) is 9.45. The molecule has 0 saturated carbocycles. The Morgan fingerprint density at radius 1 is 1.14 bits per heavy atom. The number of fused-ring (bicyclic) bond motifs is 1. The number of alkyl halides is 2. The minimum Gasteiger partial charge on any atom is -0.205 e. The largest absolute Gasteiger partial charge is 0.266 e. The highest BCUT2D eigenvalue weighted by atomic mass is 32.1. The Bertz CT molecular complexity index is 475. The molecule has 0 unspecified atom stereocenters. The monoisotopic (exact) mass is 220 g/mol. The summed E-state index contributed by atoms with van der Waals surface area (Å²) in [5.41, 5.74) is -0.681. The zero-order chi connectivity index (χ0) is 10.3. The summed E-state index contributed by atoms with van der Waals surface area (Å²) in [6.07, 6.45) is -2.87. The molecule has 1 aromatic heterocycles. The van der Waals surface area contributed by atoms with Crippen LogP contribution >= 0.6 is 11.3 Å². The van der Waals surface area contributed by atoms with Gasteiger partial charge >= 0.3 is 0 Å². The summed E-state index contributed by atoms with van der Waals surface area (Å²) in [5.74, 6) is -1.60. The second-order valence-corrected chi connectivity index (χ2v) is 3.61. The molecular weight excluding hydrogens is 216 g/mol. The number of thiophene rings is 1. The summed E-state index contributed by atoms with van der Waals surface area (Å²) in [6.45, 7) is 0. The second-order valence-electron chi connectivity index (χ2n) is 2.73. The van der Waals surface area contributed by atoms with Crippen LogP contribution in [0.4, 0.5) is 17.6 Å². The molecule has 0 nitrogen and oxygen atoms in total. The maximum absolute atomic E-state index is 13.3. The van der Waals surface area contributed by atoms with Crippen molar-refractivity contribution in [2.45, 2.75) is 6.43 Å². The molecule has 0 fully saturated rings. The van der Waals surface area contributed by atoms with E-state index in [2.05, 4.69) is 0 Å². The van der Waals surface area contributed by atoms with Gasteiger partial charge in [0.2, 0.25) is 0 Å². The molecule has 1 aromatic carbocycles. The SMILES string of the molecule is Fc1csc2c(F)c(C(F)F)ccc12. The van der Waals surface area contributed by atoms with Crippen LogP contribution in [0, 0.1) is 11.6 Å². The van der Waals surface area contributed by atoms with Crippen molar-refractivity contribution < 1.29 is 17.6 Å². The fraction of sp³-hybridized carbons (Fsp3) is 0.111. The zero-order valence-electron chi connectivity index (χ0n) is 6.73. The van der Waals surface area contributed by atoms with Gasteiger partial charge in [-0.2, -0.15) is 0 Å². The molecule has 0 N–H and O–H groups in total. The van der Waals surface area contributed by atoms with Crippen molar-refractivity contribution in [3.63, 3.8) is 0 Å². The van der Waals surface area contributed by atoms with Crippen LogP contribution in [-0.2, 0) is 0 Å². The molecule has 5 heteroatoms. The van der Waals surface area contributed by atoms with Crippen molar-refractivity contribution in [3.8, 4) is 0 Å². The molecule has 0 radical (unpaired) electrons. The van der Waals surface area contributed by atoms with Crippen LogP contribution < -0.4 is 0 Å². The van der Waals surface area contributed by atoms with Crippen molar-refractivity contribution in [1.82, 2.24) is 0 Å². The summed E-state index contributed by atoms with van der Waals surface area (Å²) in [7, 11) is 0. The van der Waals surface area contributed by atoms with Gasteiger partial charge in [0.05, 0.1) is 10.3 Å². The third kappa shape index (κ3) is 1.28. The fourth-order valence-corrected chi connectivity index (χ4v) is 2.08. The van der Waals surface area contributed by atoms with Crippen LogP contribution in [0.15, 0.2) is 17.5 Å². The molecule has 0 aliphatic rings. The number of rotatable bonds is 1. The molecule has 1 heterocycles. The van der Waals surface area contributed by atoms with Crippen LogP contribution in [0.25, 0.3) is 10.1 Å². The Hall–Kier alpha value is -1.10.